The predicted octanol–water partition coefficient (Wildman–Crippen LogP) is 2.66. The average molecular weight is 168 g/mol. The molecule has 0 amide bonds. The Morgan fingerprint density at radius 2 is 1.55 bits per heavy atom. The number of benzene rings is 1. The molecule has 0 heterocycles. The highest BCUT2D eigenvalue weighted by molar-refractivity contribution is 7.92. The summed E-state index contributed by atoms with van der Waals surface area (Å²) in [5, 5.41) is 0. The van der Waals surface area contributed by atoms with Crippen LogP contribution in [-0.2, 0) is 9.62 Å². The first kappa shape index (κ1) is 8.27. The van der Waals surface area contributed by atoms with Crippen molar-refractivity contribution in [3.05, 3.63) is 29.8 Å². The summed E-state index contributed by atoms with van der Waals surface area (Å²) in [6.45, 7) is 2.00. The molecular weight excluding hydrogens is 156 g/mol. The number of nitrogens with one attached hydrogen (secondary N) is 2. The van der Waals surface area contributed by atoms with Gasteiger partial charge in [-0.3, -0.25) is 9.56 Å². The summed E-state index contributed by atoms with van der Waals surface area (Å²) < 4.78 is 15.0. The maximum atomic E-state index is 7.49. The van der Waals surface area contributed by atoms with E-state index in [1.165, 1.54) is 5.56 Å². The molecule has 0 atom stereocenters. The lowest BCUT2D eigenvalue weighted by atomic mass is 10.2. The summed E-state index contributed by atoms with van der Waals surface area (Å²) in [4.78, 5) is 0.822. The van der Waals surface area contributed by atoms with Crippen molar-refractivity contribution in [1.29, 1.82) is 9.56 Å². The maximum absolute atomic E-state index is 7.49. The molecule has 0 aliphatic heterocycles. The lowest BCUT2D eigenvalue weighted by Crippen LogP contribution is -1.91. The highest BCUT2D eigenvalue weighted by Crippen LogP contribution is 2.10. The smallest absolute Gasteiger partial charge is 0.0273 e. The minimum absolute atomic E-state index is 0.822. The molecule has 60 valence electrons. The van der Waals surface area contributed by atoms with Crippen LogP contribution in [0.3, 0.4) is 0 Å². The largest absolute Gasteiger partial charge is 0.266 e. The first-order chi connectivity index (χ1) is 5.00. The molecule has 11 heavy (non-hydrogen) atoms. The van der Waals surface area contributed by atoms with Crippen LogP contribution in [0.2, 0.25) is 0 Å². The molecule has 1 aromatic rings. The van der Waals surface area contributed by atoms with Crippen molar-refractivity contribution >= 4 is 9.62 Å². The summed E-state index contributed by atoms with van der Waals surface area (Å²) in [5.41, 5.74) is 1.18. The zero-order chi connectivity index (χ0) is 8.48. The van der Waals surface area contributed by atoms with E-state index in [0.29, 0.717) is 0 Å². The first-order valence-electron chi connectivity index (χ1n) is 3.34. The molecule has 0 aromatic heterocycles. The van der Waals surface area contributed by atoms with Crippen molar-refractivity contribution in [3.63, 3.8) is 0 Å². The second-order valence-electron chi connectivity index (χ2n) is 2.73. The topological polar surface area (TPSA) is 47.7 Å². The van der Waals surface area contributed by atoms with Gasteiger partial charge in [-0.15, -0.1) is 0 Å². The summed E-state index contributed by atoms with van der Waals surface area (Å²) in [6, 6.07) is 7.63. The van der Waals surface area contributed by atoms with Gasteiger partial charge in [0.1, 0.15) is 0 Å². The molecule has 0 aliphatic carbocycles. The zero-order valence-electron chi connectivity index (χ0n) is 6.72. The summed E-state index contributed by atoms with van der Waals surface area (Å²) in [6.07, 6.45) is 1.65. The molecule has 2 nitrogen and oxygen atoms in total. The fourth-order valence-electron chi connectivity index (χ4n) is 0.810. The Bertz CT molecular complexity index is 335. The van der Waals surface area contributed by atoms with Gasteiger partial charge in [-0.2, -0.15) is 0 Å². The van der Waals surface area contributed by atoms with E-state index in [9.17, 15) is 0 Å². The van der Waals surface area contributed by atoms with Gasteiger partial charge in [-0.05, 0) is 28.7 Å². The minimum atomic E-state index is -2.02. The Kier molecular flexibility index (Phi) is 2.00. The normalized spacial score (nSPS) is 11.5. The Balaban J connectivity index is 3.20. The second-order valence-corrected chi connectivity index (χ2v) is 5.04. The van der Waals surface area contributed by atoms with Crippen LogP contribution in [0.5, 0.6) is 0 Å². The van der Waals surface area contributed by atoms with Gasteiger partial charge in [0.25, 0.3) is 0 Å². The summed E-state index contributed by atoms with van der Waals surface area (Å²) in [5.74, 6) is 0. The Morgan fingerprint density at radius 3 is 1.91 bits per heavy atom. The Morgan fingerprint density at radius 1 is 1.09 bits per heavy atom. The van der Waals surface area contributed by atoms with Crippen LogP contribution in [0.15, 0.2) is 29.2 Å². The molecule has 3 heteroatoms. The van der Waals surface area contributed by atoms with E-state index in [4.69, 9.17) is 9.56 Å². The van der Waals surface area contributed by atoms with Crippen molar-refractivity contribution in [1.82, 2.24) is 0 Å². The predicted molar refractivity (Wildman–Crippen MR) is 48.2 cm³/mol. The molecule has 0 aliphatic rings. The van der Waals surface area contributed by atoms with Gasteiger partial charge in [0, 0.05) is 11.2 Å². The summed E-state index contributed by atoms with van der Waals surface area (Å²) >= 11 is 0. The molecular formula is C8H12N2S. The Labute approximate surface area is 67.7 Å². The molecule has 0 bridgehead atoms. The number of aryl methyl sites for hydroxylation is 1. The van der Waals surface area contributed by atoms with Gasteiger partial charge in [-0.1, -0.05) is 17.7 Å². The fourth-order valence-corrected chi connectivity index (χ4v) is 1.49. The molecule has 0 radical (unpaired) electrons. The van der Waals surface area contributed by atoms with E-state index < -0.39 is 9.62 Å². The van der Waals surface area contributed by atoms with Gasteiger partial charge in [0.15, 0.2) is 0 Å². The molecule has 0 spiro atoms. The van der Waals surface area contributed by atoms with Crippen molar-refractivity contribution in [3.8, 4) is 0 Å². The molecule has 2 N–H and O–H groups in total. The molecule has 0 unspecified atom stereocenters. The lowest BCUT2D eigenvalue weighted by molar-refractivity contribution is 1.34. The molecule has 0 saturated heterocycles. The number of hydrogen-bond acceptors (Lipinski definition) is 2. The van der Waals surface area contributed by atoms with Crippen LogP contribution in [0.4, 0.5) is 0 Å². The van der Waals surface area contributed by atoms with Crippen molar-refractivity contribution in [2.45, 2.75) is 11.8 Å². The quantitative estimate of drug-likeness (QED) is 0.647. The molecule has 0 saturated carbocycles. The van der Waals surface area contributed by atoms with Crippen LogP contribution in [0.1, 0.15) is 5.56 Å². The zero-order valence-corrected chi connectivity index (χ0v) is 7.53. The van der Waals surface area contributed by atoms with Crippen molar-refractivity contribution in [2.24, 2.45) is 0 Å². The van der Waals surface area contributed by atoms with Crippen molar-refractivity contribution < 1.29 is 0 Å². The van der Waals surface area contributed by atoms with Gasteiger partial charge >= 0.3 is 0 Å². The highest BCUT2D eigenvalue weighted by Gasteiger charge is 1.96. The van der Waals surface area contributed by atoms with Gasteiger partial charge in [0.2, 0.25) is 0 Å². The Hall–Kier alpha value is -0.830. The van der Waals surface area contributed by atoms with E-state index >= 15 is 0 Å². The van der Waals surface area contributed by atoms with Gasteiger partial charge < -0.3 is 0 Å². The number of rotatable bonds is 1. The van der Waals surface area contributed by atoms with Crippen LogP contribution >= 0.6 is 0 Å². The van der Waals surface area contributed by atoms with Gasteiger partial charge in [0.05, 0.1) is 0 Å². The van der Waals surface area contributed by atoms with E-state index in [1.54, 1.807) is 6.26 Å². The van der Waals surface area contributed by atoms with E-state index in [0.717, 1.165) is 4.90 Å². The van der Waals surface area contributed by atoms with Crippen LogP contribution in [0.25, 0.3) is 0 Å². The molecule has 1 rings (SSSR count). The summed E-state index contributed by atoms with van der Waals surface area (Å²) in [7, 11) is -2.02. The van der Waals surface area contributed by atoms with Crippen molar-refractivity contribution in [2.75, 3.05) is 6.26 Å². The van der Waals surface area contributed by atoms with E-state index in [-0.39, 0.29) is 0 Å². The number of hydrogen-bond donors (Lipinski definition) is 2. The van der Waals surface area contributed by atoms with Crippen LogP contribution < -0.4 is 0 Å². The first-order valence-corrected chi connectivity index (χ1v) is 5.38. The van der Waals surface area contributed by atoms with Gasteiger partial charge in [-0.25, -0.2) is 0 Å². The lowest BCUT2D eigenvalue weighted by Gasteiger charge is -2.03. The molecule has 0 fully saturated rings. The third-order valence-electron chi connectivity index (χ3n) is 1.49. The minimum Gasteiger partial charge on any atom is -0.266 e. The third kappa shape index (κ3) is 2.05. The fraction of sp³-hybridized carbons (Fsp3) is 0.250. The second kappa shape index (κ2) is 2.66. The van der Waals surface area contributed by atoms with Crippen LogP contribution in [-0.4, -0.2) is 6.26 Å². The van der Waals surface area contributed by atoms with E-state index in [1.807, 2.05) is 31.2 Å². The van der Waals surface area contributed by atoms with E-state index in [2.05, 4.69) is 0 Å². The van der Waals surface area contributed by atoms with Crippen LogP contribution in [0, 0.1) is 16.5 Å². The maximum Gasteiger partial charge on any atom is 0.0273 e. The molecule has 1 aromatic carbocycles. The monoisotopic (exact) mass is 168 g/mol. The highest BCUT2D eigenvalue weighted by atomic mass is 32.2. The SMILES string of the molecule is Cc1ccc(S(C)(=N)=N)cc1. The average Bonchev–Trinajstić information content (AvgIpc) is 1.86. The standard InChI is InChI=1S/C8H12N2S/c1-7-3-5-8(6-4-7)11(2,9)10/h3-6,9-10H,1-2H3. The third-order valence-corrected chi connectivity index (χ3v) is 2.71.